The van der Waals surface area contributed by atoms with Gasteiger partial charge in [-0.2, -0.15) is 5.10 Å². The fraction of sp³-hybridized carbons (Fsp3) is 0.286. The second-order valence-electron chi connectivity index (χ2n) is 6.89. The lowest BCUT2D eigenvalue weighted by atomic mass is 9.98. The number of hydrazone groups is 1. The van der Waals surface area contributed by atoms with Crippen molar-refractivity contribution >= 4 is 34.9 Å². The molecule has 2 aromatic carbocycles. The van der Waals surface area contributed by atoms with Crippen LogP contribution in [0.5, 0.6) is 0 Å². The Morgan fingerprint density at radius 2 is 1.75 bits per heavy atom. The van der Waals surface area contributed by atoms with E-state index in [2.05, 4.69) is 5.10 Å². The lowest BCUT2D eigenvalue weighted by molar-refractivity contribution is -0.141. The third-order valence-corrected chi connectivity index (χ3v) is 4.94. The molecule has 6 nitrogen and oxygen atoms in total. The van der Waals surface area contributed by atoms with Crippen LogP contribution >= 0.6 is 11.6 Å². The molecule has 0 saturated heterocycles. The summed E-state index contributed by atoms with van der Waals surface area (Å²) in [6, 6.07) is 15.0. The van der Waals surface area contributed by atoms with Gasteiger partial charge in [0.1, 0.15) is 0 Å². The molecule has 0 unspecified atom stereocenters. The fourth-order valence-electron chi connectivity index (χ4n) is 3.14. The van der Waals surface area contributed by atoms with Gasteiger partial charge in [-0.15, -0.1) is 0 Å². The van der Waals surface area contributed by atoms with Gasteiger partial charge in [0, 0.05) is 37.6 Å². The van der Waals surface area contributed by atoms with Crippen LogP contribution in [0.15, 0.2) is 53.6 Å². The highest BCUT2D eigenvalue weighted by Crippen LogP contribution is 2.34. The maximum atomic E-state index is 12.7. The molecule has 146 valence electrons. The Morgan fingerprint density at radius 1 is 1.11 bits per heavy atom. The van der Waals surface area contributed by atoms with E-state index in [1.165, 1.54) is 5.01 Å². The summed E-state index contributed by atoms with van der Waals surface area (Å²) < 4.78 is 0. The number of aliphatic carboxylic acids is 1. The zero-order valence-corrected chi connectivity index (χ0v) is 16.6. The van der Waals surface area contributed by atoms with Crippen LogP contribution in [0, 0.1) is 0 Å². The number of anilines is 1. The quantitative estimate of drug-likeness (QED) is 0.798. The van der Waals surface area contributed by atoms with Crippen molar-refractivity contribution in [2.75, 3.05) is 19.0 Å². The van der Waals surface area contributed by atoms with Gasteiger partial charge < -0.3 is 10.0 Å². The summed E-state index contributed by atoms with van der Waals surface area (Å²) >= 11 is 5.97. The van der Waals surface area contributed by atoms with Gasteiger partial charge in [0.2, 0.25) is 5.91 Å². The predicted molar refractivity (Wildman–Crippen MR) is 110 cm³/mol. The zero-order valence-electron chi connectivity index (χ0n) is 15.8. The van der Waals surface area contributed by atoms with Crippen molar-refractivity contribution in [2.45, 2.75) is 25.3 Å². The molecule has 7 heteroatoms. The monoisotopic (exact) mass is 399 g/mol. The van der Waals surface area contributed by atoms with Crippen LogP contribution < -0.4 is 4.90 Å². The van der Waals surface area contributed by atoms with Crippen LogP contribution in [0.4, 0.5) is 5.69 Å². The number of halogens is 1. The van der Waals surface area contributed by atoms with Gasteiger partial charge in [-0.05, 0) is 35.4 Å². The van der Waals surface area contributed by atoms with Crippen LogP contribution in [0.1, 0.15) is 36.4 Å². The number of amides is 1. The van der Waals surface area contributed by atoms with Gasteiger partial charge >= 0.3 is 5.97 Å². The van der Waals surface area contributed by atoms with Crippen molar-refractivity contribution in [2.24, 2.45) is 5.10 Å². The molecule has 1 atom stereocenters. The van der Waals surface area contributed by atoms with E-state index < -0.39 is 5.97 Å². The number of benzene rings is 2. The first kappa shape index (κ1) is 19.9. The lowest BCUT2D eigenvalue weighted by Crippen LogP contribution is -2.27. The van der Waals surface area contributed by atoms with Crippen LogP contribution in [-0.2, 0) is 9.59 Å². The van der Waals surface area contributed by atoms with Gasteiger partial charge in [0.25, 0.3) is 0 Å². The van der Waals surface area contributed by atoms with E-state index >= 15 is 0 Å². The SMILES string of the molecule is CN(C)c1ccc([C@@H]2CC(c3ccc(Cl)cc3)=NN2C(=O)CCC(=O)O)cc1. The van der Waals surface area contributed by atoms with E-state index in [9.17, 15) is 9.59 Å². The van der Waals surface area contributed by atoms with E-state index in [4.69, 9.17) is 16.7 Å². The lowest BCUT2D eigenvalue weighted by Gasteiger charge is -2.22. The third-order valence-electron chi connectivity index (χ3n) is 4.69. The number of carboxylic acid groups (broad SMARTS) is 1. The Hall–Kier alpha value is -2.86. The highest BCUT2D eigenvalue weighted by Gasteiger charge is 2.33. The number of carboxylic acids is 1. The van der Waals surface area contributed by atoms with Crippen LogP contribution in [0.2, 0.25) is 5.02 Å². The Bertz CT molecular complexity index is 892. The second-order valence-corrected chi connectivity index (χ2v) is 7.33. The molecule has 0 aromatic heterocycles. The molecule has 0 bridgehead atoms. The molecular weight excluding hydrogens is 378 g/mol. The minimum atomic E-state index is -0.999. The maximum Gasteiger partial charge on any atom is 0.303 e. The summed E-state index contributed by atoms with van der Waals surface area (Å²) in [6.07, 6.45) is 0.258. The van der Waals surface area contributed by atoms with Crippen molar-refractivity contribution in [3.63, 3.8) is 0 Å². The summed E-state index contributed by atoms with van der Waals surface area (Å²) in [5.41, 5.74) is 3.70. The highest BCUT2D eigenvalue weighted by atomic mass is 35.5. The number of hydrogen-bond acceptors (Lipinski definition) is 4. The minimum Gasteiger partial charge on any atom is -0.481 e. The number of rotatable bonds is 6. The average Bonchev–Trinajstić information content (AvgIpc) is 3.12. The Kier molecular flexibility index (Phi) is 5.99. The average molecular weight is 400 g/mol. The van der Waals surface area contributed by atoms with E-state index in [0.29, 0.717) is 11.4 Å². The third kappa shape index (κ3) is 4.51. The van der Waals surface area contributed by atoms with Gasteiger partial charge in [-0.25, -0.2) is 5.01 Å². The molecule has 28 heavy (non-hydrogen) atoms. The minimum absolute atomic E-state index is 0.0843. The van der Waals surface area contributed by atoms with Gasteiger partial charge in [-0.1, -0.05) is 35.9 Å². The van der Waals surface area contributed by atoms with Gasteiger partial charge in [-0.3, -0.25) is 9.59 Å². The number of carbonyl (C=O) groups is 2. The molecule has 0 radical (unpaired) electrons. The second kappa shape index (κ2) is 8.44. The Labute approximate surface area is 169 Å². The van der Waals surface area contributed by atoms with Crippen LogP contribution in [-0.4, -0.2) is 41.8 Å². The first-order valence-electron chi connectivity index (χ1n) is 8.99. The standard InChI is InChI=1S/C21H22ClN3O3/c1-24(2)17-9-5-15(6-10-17)19-13-18(14-3-7-16(22)8-4-14)23-25(19)20(26)11-12-21(27)28/h3-10,19H,11-13H2,1-2H3,(H,27,28)/t19-/m0/s1. The first-order valence-corrected chi connectivity index (χ1v) is 9.37. The van der Waals surface area contributed by atoms with E-state index in [0.717, 1.165) is 22.5 Å². The molecule has 0 fully saturated rings. The molecule has 2 aromatic rings. The van der Waals surface area contributed by atoms with Crippen molar-refractivity contribution < 1.29 is 14.7 Å². The van der Waals surface area contributed by atoms with Crippen molar-refractivity contribution in [1.82, 2.24) is 5.01 Å². The zero-order chi connectivity index (χ0) is 20.3. The molecular formula is C21H22ClN3O3. The summed E-state index contributed by atoms with van der Waals surface area (Å²) in [4.78, 5) is 25.5. The van der Waals surface area contributed by atoms with Crippen molar-refractivity contribution in [1.29, 1.82) is 0 Å². The smallest absolute Gasteiger partial charge is 0.303 e. The molecule has 1 heterocycles. The molecule has 0 saturated carbocycles. The van der Waals surface area contributed by atoms with E-state index in [1.807, 2.05) is 55.4 Å². The topological polar surface area (TPSA) is 73.2 Å². The first-order chi connectivity index (χ1) is 13.3. The molecule has 1 aliphatic heterocycles. The maximum absolute atomic E-state index is 12.7. The summed E-state index contributed by atoms with van der Waals surface area (Å²) in [5.74, 6) is -1.30. The Balaban J connectivity index is 1.89. The van der Waals surface area contributed by atoms with E-state index in [1.54, 1.807) is 12.1 Å². The van der Waals surface area contributed by atoms with E-state index in [-0.39, 0.29) is 24.8 Å². The van der Waals surface area contributed by atoms with Crippen molar-refractivity contribution in [3.05, 3.63) is 64.7 Å². The van der Waals surface area contributed by atoms with Crippen molar-refractivity contribution in [3.8, 4) is 0 Å². The van der Waals surface area contributed by atoms with Crippen LogP contribution in [0.25, 0.3) is 0 Å². The summed E-state index contributed by atoms with van der Waals surface area (Å²) in [6.45, 7) is 0. The predicted octanol–water partition coefficient (Wildman–Crippen LogP) is 3.95. The highest BCUT2D eigenvalue weighted by molar-refractivity contribution is 6.30. The fourth-order valence-corrected chi connectivity index (χ4v) is 3.27. The number of hydrogen-bond donors (Lipinski definition) is 1. The molecule has 3 rings (SSSR count). The number of carbonyl (C=O) groups excluding carboxylic acids is 1. The molecule has 1 N–H and O–H groups in total. The van der Waals surface area contributed by atoms with Gasteiger partial charge in [0.05, 0.1) is 18.2 Å². The summed E-state index contributed by atoms with van der Waals surface area (Å²) in [7, 11) is 3.93. The van der Waals surface area contributed by atoms with Gasteiger partial charge in [0.15, 0.2) is 0 Å². The molecule has 1 amide bonds. The summed E-state index contributed by atoms with van der Waals surface area (Å²) in [5, 5.41) is 15.5. The number of nitrogens with zero attached hydrogens (tertiary/aromatic N) is 3. The molecule has 1 aliphatic rings. The normalized spacial score (nSPS) is 16.0. The largest absolute Gasteiger partial charge is 0.481 e. The van der Waals surface area contributed by atoms with Crippen LogP contribution in [0.3, 0.4) is 0 Å². The Morgan fingerprint density at radius 3 is 2.32 bits per heavy atom. The molecule has 0 spiro atoms. The molecule has 0 aliphatic carbocycles.